The molecule has 0 bridgehead atoms. The van der Waals surface area contributed by atoms with E-state index >= 15 is 0 Å². The van der Waals surface area contributed by atoms with E-state index in [0.29, 0.717) is 23.0 Å². The second kappa shape index (κ2) is 8.32. The first kappa shape index (κ1) is 19.5. The second-order valence-electron chi connectivity index (χ2n) is 7.97. The number of imidazole rings is 1. The summed E-state index contributed by atoms with van der Waals surface area (Å²) in [7, 11) is 0. The van der Waals surface area contributed by atoms with Crippen molar-refractivity contribution < 1.29 is 14.6 Å². The molecule has 2 aromatic heterocycles. The summed E-state index contributed by atoms with van der Waals surface area (Å²) in [4.78, 5) is 24.7. The second-order valence-corrected chi connectivity index (χ2v) is 7.97. The molecule has 1 fully saturated rings. The smallest absolute Gasteiger partial charge is 0.228 e. The van der Waals surface area contributed by atoms with Crippen LogP contribution in [-0.2, 0) is 0 Å². The first-order valence-corrected chi connectivity index (χ1v) is 10.6. The number of rotatable bonds is 5. The van der Waals surface area contributed by atoms with Crippen molar-refractivity contribution in [1.82, 2.24) is 15.0 Å². The summed E-state index contributed by atoms with van der Waals surface area (Å²) in [5.74, 6) is 1.55. The Kier molecular flexibility index (Phi) is 5.22. The van der Waals surface area contributed by atoms with E-state index in [1.165, 1.54) is 0 Å². The Morgan fingerprint density at radius 1 is 1.03 bits per heavy atom. The lowest BCUT2D eigenvalue weighted by Gasteiger charge is -2.27. The summed E-state index contributed by atoms with van der Waals surface area (Å²) < 4.78 is 6.06. The van der Waals surface area contributed by atoms with Gasteiger partial charge in [-0.1, -0.05) is 24.6 Å². The van der Waals surface area contributed by atoms with Gasteiger partial charge in [-0.05, 0) is 67.6 Å². The van der Waals surface area contributed by atoms with Crippen molar-refractivity contribution in [3.8, 4) is 11.6 Å². The number of pyridine rings is 1. The predicted molar refractivity (Wildman–Crippen MR) is 117 cm³/mol. The van der Waals surface area contributed by atoms with Crippen molar-refractivity contribution in [1.29, 1.82) is 0 Å². The van der Waals surface area contributed by atoms with Crippen molar-refractivity contribution in [2.75, 3.05) is 0 Å². The Balaban J connectivity index is 1.34. The number of para-hydroxylation sites is 2. The third-order valence-corrected chi connectivity index (χ3v) is 5.82. The van der Waals surface area contributed by atoms with Crippen LogP contribution >= 0.6 is 0 Å². The summed E-state index contributed by atoms with van der Waals surface area (Å²) in [6.45, 7) is 0. The molecule has 5 rings (SSSR count). The quantitative estimate of drug-likeness (QED) is 0.450. The number of carbonyl (C=O) groups excluding carboxylic acids is 1. The molecule has 31 heavy (non-hydrogen) atoms. The number of fused-ring (bicyclic) bond motifs is 1. The highest BCUT2D eigenvalue weighted by molar-refractivity contribution is 6.08. The molecule has 6 heteroatoms. The molecule has 1 aliphatic rings. The topological polar surface area (TPSA) is 88.1 Å². The Bertz CT molecular complexity index is 1180. The van der Waals surface area contributed by atoms with E-state index in [0.717, 1.165) is 42.3 Å². The Labute approximate surface area is 179 Å². The maximum absolute atomic E-state index is 12.8. The maximum Gasteiger partial charge on any atom is 0.228 e. The highest BCUT2D eigenvalue weighted by Gasteiger charge is 2.25. The van der Waals surface area contributed by atoms with Crippen LogP contribution < -0.4 is 4.74 Å². The number of aromatic amines is 1. The number of carbonyl (C=O) groups is 1. The number of benzene rings is 2. The minimum atomic E-state index is -0.268. The molecule has 1 aliphatic carbocycles. The number of aliphatic hydroxyl groups is 1. The molecule has 0 saturated heterocycles. The molecule has 2 heterocycles. The monoisotopic (exact) mass is 413 g/mol. The van der Waals surface area contributed by atoms with Crippen molar-refractivity contribution >= 4 is 16.8 Å². The van der Waals surface area contributed by atoms with Crippen LogP contribution in [0.4, 0.5) is 0 Å². The lowest BCUT2D eigenvalue weighted by Crippen LogP contribution is -2.18. The summed E-state index contributed by atoms with van der Waals surface area (Å²) >= 11 is 0. The van der Waals surface area contributed by atoms with Gasteiger partial charge in [-0.15, -0.1) is 0 Å². The zero-order valence-corrected chi connectivity index (χ0v) is 17.0. The van der Waals surface area contributed by atoms with Crippen LogP contribution in [0.3, 0.4) is 0 Å². The van der Waals surface area contributed by atoms with E-state index in [1.807, 2.05) is 36.4 Å². The first-order valence-electron chi connectivity index (χ1n) is 10.6. The van der Waals surface area contributed by atoms with Crippen LogP contribution in [0, 0.1) is 0 Å². The number of nitrogens with zero attached hydrogens (tertiary/aromatic N) is 2. The van der Waals surface area contributed by atoms with E-state index < -0.39 is 0 Å². The number of hydrogen-bond donors (Lipinski definition) is 2. The van der Waals surface area contributed by atoms with Gasteiger partial charge in [-0.3, -0.25) is 4.79 Å². The summed E-state index contributed by atoms with van der Waals surface area (Å²) in [5.41, 5.74) is 3.15. The third kappa shape index (κ3) is 4.07. The van der Waals surface area contributed by atoms with E-state index in [-0.39, 0.29) is 17.8 Å². The van der Waals surface area contributed by atoms with Gasteiger partial charge in [-0.2, -0.15) is 0 Å². The van der Waals surface area contributed by atoms with Crippen LogP contribution in [0.5, 0.6) is 11.6 Å². The average Bonchev–Trinajstić information content (AvgIpc) is 3.24. The molecule has 2 aromatic carbocycles. The van der Waals surface area contributed by atoms with Gasteiger partial charge in [-0.25, -0.2) is 9.97 Å². The van der Waals surface area contributed by atoms with Crippen molar-refractivity contribution in [2.24, 2.45) is 0 Å². The summed E-state index contributed by atoms with van der Waals surface area (Å²) in [5, 5.41) is 10.0. The lowest BCUT2D eigenvalue weighted by molar-refractivity contribution is 0.103. The number of H-pyrrole nitrogens is 1. The molecule has 1 unspecified atom stereocenters. The molecular formula is C25H23N3O3. The Morgan fingerprint density at radius 3 is 2.68 bits per heavy atom. The highest BCUT2D eigenvalue weighted by atomic mass is 16.5. The van der Waals surface area contributed by atoms with Crippen molar-refractivity contribution in [3.63, 3.8) is 0 Å². The largest absolute Gasteiger partial charge is 0.439 e. The number of aromatic nitrogens is 3. The van der Waals surface area contributed by atoms with Gasteiger partial charge in [0.15, 0.2) is 5.82 Å². The molecular weight excluding hydrogens is 390 g/mol. The standard InChI is InChI=1S/C25H23N3O3/c29-18-6-3-5-17(15-18)20-7-4-14-26-25(20)31-19-12-10-16(11-13-19)23(30)24-27-21-8-1-2-9-22(21)28-24/h1-2,4,7-14,17-18,29H,3,5-6,15H2,(H,27,28)/t17-,18?/m0/s1. The van der Waals surface area contributed by atoms with E-state index in [2.05, 4.69) is 15.0 Å². The molecule has 0 aliphatic heterocycles. The van der Waals surface area contributed by atoms with Gasteiger partial charge < -0.3 is 14.8 Å². The molecule has 156 valence electrons. The highest BCUT2D eigenvalue weighted by Crippen LogP contribution is 2.38. The van der Waals surface area contributed by atoms with Crippen LogP contribution in [0.15, 0.2) is 66.9 Å². The van der Waals surface area contributed by atoms with E-state index in [9.17, 15) is 9.90 Å². The SMILES string of the molecule is O=C(c1ccc(Oc2ncccc2[C@H]2CCCC(O)C2)cc1)c1nc2ccccc2[nH]1. The molecule has 6 nitrogen and oxygen atoms in total. The fourth-order valence-electron chi connectivity index (χ4n) is 4.23. The fraction of sp³-hybridized carbons (Fsp3) is 0.240. The minimum Gasteiger partial charge on any atom is -0.439 e. The summed E-state index contributed by atoms with van der Waals surface area (Å²) in [6, 6.07) is 18.5. The molecule has 4 aromatic rings. The van der Waals surface area contributed by atoms with E-state index in [4.69, 9.17) is 4.74 Å². The molecule has 0 amide bonds. The maximum atomic E-state index is 12.8. The molecule has 1 saturated carbocycles. The normalized spacial score (nSPS) is 18.7. The zero-order chi connectivity index (χ0) is 21.2. The molecule has 2 N–H and O–H groups in total. The molecule has 0 radical (unpaired) electrons. The van der Waals surface area contributed by atoms with Gasteiger partial charge in [0.2, 0.25) is 11.7 Å². The van der Waals surface area contributed by atoms with Crippen LogP contribution in [-0.4, -0.2) is 31.9 Å². The van der Waals surface area contributed by atoms with Crippen LogP contribution in [0.1, 0.15) is 53.3 Å². The predicted octanol–water partition coefficient (Wildman–Crippen LogP) is 5.00. The van der Waals surface area contributed by atoms with Crippen LogP contribution in [0.25, 0.3) is 11.0 Å². The van der Waals surface area contributed by atoms with Gasteiger partial charge in [0.25, 0.3) is 0 Å². The third-order valence-electron chi connectivity index (χ3n) is 5.82. The molecule has 2 atom stereocenters. The number of ether oxygens (including phenoxy) is 1. The van der Waals surface area contributed by atoms with E-state index in [1.54, 1.807) is 30.5 Å². The number of hydrogen-bond acceptors (Lipinski definition) is 5. The van der Waals surface area contributed by atoms with Gasteiger partial charge in [0.1, 0.15) is 5.75 Å². The van der Waals surface area contributed by atoms with Gasteiger partial charge >= 0.3 is 0 Å². The fourth-order valence-corrected chi connectivity index (χ4v) is 4.23. The average molecular weight is 413 g/mol. The zero-order valence-electron chi connectivity index (χ0n) is 17.0. The minimum absolute atomic E-state index is 0.169. The van der Waals surface area contributed by atoms with Gasteiger partial charge in [0, 0.05) is 17.3 Å². The van der Waals surface area contributed by atoms with Crippen molar-refractivity contribution in [2.45, 2.75) is 37.7 Å². The number of aliphatic hydroxyl groups excluding tert-OH is 1. The Morgan fingerprint density at radius 2 is 1.87 bits per heavy atom. The lowest BCUT2D eigenvalue weighted by atomic mass is 9.83. The summed E-state index contributed by atoms with van der Waals surface area (Å²) in [6.07, 6.45) is 5.04. The first-order chi connectivity index (χ1) is 15.2. The number of ketones is 1. The molecule has 0 spiro atoms. The van der Waals surface area contributed by atoms with Crippen molar-refractivity contribution in [3.05, 3.63) is 83.8 Å². The van der Waals surface area contributed by atoms with Gasteiger partial charge in [0.05, 0.1) is 17.1 Å². The number of nitrogens with one attached hydrogen (secondary N) is 1. The Hall–Kier alpha value is -3.51. The van der Waals surface area contributed by atoms with Crippen LogP contribution in [0.2, 0.25) is 0 Å².